The molecular weight excluding hydrogens is 1020 g/mol. The first-order chi connectivity index (χ1) is 37.4. The highest BCUT2D eigenvalue weighted by Gasteiger charge is 2.77. The lowest BCUT2D eigenvalue weighted by atomic mass is 9.43. The molecule has 0 spiro atoms. The number of esters is 4. The minimum atomic E-state index is -2.28. The fraction of sp³-hybridized carbons (Fsp3) is 0.542. The normalized spacial score (nSPS) is 27.6. The van der Waals surface area contributed by atoms with Crippen LogP contribution in [0.5, 0.6) is 0 Å². The van der Waals surface area contributed by atoms with Gasteiger partial charge in [0.05, 0.1) is 37.9 Å². The summed E-state index contributed by atoms with van der Waals surface area (Å²) in [4.78, 5) is 98.4. The van der Waals surface area contributed by atoms with E-state index in [9.17, 15) is 29.1 Å². The van der Waals surface area contributed by atoms with Gasteiger partial charge in [-0.2, -0.15) is 0 Å². The molecule has 3 N–H and O–H groups in total. The summed E-state index contributed by atoms with van der Waals surface area (Å²) in [5.41, 5.74) is -6.10. The van der Waals surface area contributed by atoms with Crippen molar-refractivity contribution in [2.24, 2.45) is 22.7 Å². The Morgan fingerprint density at radius 2 is 1.48 bits per heavy atom. The van der Waals surface area contributed by atoms with Crippen LogP contribution in [0.3, 0.4) is 0 Å². The number of methoxy groups -OCH3 is 1. The minimum absolute atomic E-state index is 0.00242. The van der Waals surface area contributed by atoms with E-state index in [1.807, 2.05) is 37.3 Å². The number of ether oxygens (including phenoxy) is 10. The smallest absolute Gasteiger partial charge is 0.408 e. The Balaban J connectivity index is 1.20. The maximum Gasteiger partial charge on any atom is 0.408 e. The zero-order chi connectivity index (χ0) is 57.5. The molecule has 4 aliphatic rings. The maximum absolute atomic E-state index is 15.8. The van der Waals surface area contributed by atoms with E-state index >= 15 is 9.59 Å². The molecule has 20 nitrogen and oxygen atoms in total. The SMILES string of the molecule is CO[C@H]1C(=O)[C@@]2(C)[C@H]([C@H](OC(=O)c3ccccc3)[C@]3(O)C[C@H](OC(=O)[C@H](OC(=O)COCCOCCNC(=O)OCc4ccccc4)[C@@H](NC(=O)OC(C)(C)C)c4ccccc4)C(C)=C1C3(C)C)[C@]1(OC(C)=O)CO[C@@H]1C[C@@H]2C. The van der Waals surface area contributed by atoms with Crippen LogP contribution in [0, 0.1) is 22.7 Å². The molecule has 0 unspecified atom stereocenters. The number of Topliss-reactive ketones (excluding diaryl/α,β-unsaturated/α-hetero) is 1. The Hall–Kier alpha value is -6.71. The molecule has 1 heterocycles. The van der Waals surface area contributed by atoms with Crippen LogP contribution >= 0.6 is 0 Å². The Morgan fingerprint density at radius 3 is 2.09 bits per heavy atom. The van der Waals surface area contributed by atoms with Crippen molar-refractivity contribution < 1.29 is 86.0 Å². The molecule has 2 saturated carbocycles. The summed E-state index contributed by atoms with van der Waals surface area (Å²) in [7, 11) is 1.35. The Morgan fingerprint density at radius 1 is 0.848 bits per heavy atom. The second-order valence-corrected chi connectivity index (χ2v) is 22.3. The number of aliphatic hydroxyl groups is 1. The fourth-order valence-electron chi connectivity index (χ4n) is 11.7. The second kappa shape index (κ2) is 24.8. The number of amides is 2. The summed E-state index contributed by atoms with van der Waals surface area (Å²) in [5, 5.41) is 19.3. The van der Waals surface area contributed by atoms with Gasteiger partial charge in [-0.05, 0) is 74.4 Å². The quantitative estimate of drug-likeness (QED) is 0.0460. The lowest BCUT2D eigenvalue weighted by Gasteiger charge is -2.68. The van der Waals surface area contributed by atoms with Gasteiger partial charge in [0.25, 0.3) is 0 Å². The molecule has 0 radical (unpaired) electrons. The molecular formula is C59H74N2O18. The number of ketones is 1. The molecule has 428 valence electrons. The lowest BCUT2D eigenvalue weighted by Crippen LogP contribution is -2.80. The molecule has 3 aliphatic carbocycles. The van der Waals surface area contributed by atoms with E-state index in [0.29, 0.717) is 11.1 Å². The average Bonchev–Trinajstić information content (AvgIpc) is 3.35. The molecule has 7 rings (SSSR count). The highest BCUT2D eigenvalue weighted by atomic mass is 16.6. The number of rotatable bonds is 20. The topological polar surface area (TPSA) is 256 Å². The standard InChI is InChI=1S/C59H74N2O18/c1-35-30-42-58(34-74-42,78-37(3)62)48-50(77-51(65)40-24-18-13-19-25-40)59(69)31-41(36(2)44(56(59,7)8)46(70-10)49(64)57(35,48)9)75-52(66)47(45(39-22-16-12-17-23-39)61-54(68)79-55(4,5)6)76-43(63)33-72-29-28-71-27-26-60-53(67)73-32-38-20-14-11-15-21-38/h11-25,35,41-42,45-48,50,69H,26-34H2,1-10H3,(H,60,67)(H,61,68)/t35-,41-,42+,45-,46+,47+,48-,50-,57+,58-,59+/m0/s1. The largest absolute Gasteiger partial charge is 0.455 e. The zero-order valence-electron chi connectivity index (χ0n) is 46.5. The summed E-state index contributed by atoms with van der Waals surface area (Å²) in [6.07, 6.45) is -9.05. The Bertz CT molecular complexity index is 2710. The zero-order valence-corrected chi connectivity index (χ0v) is 46.5. The summed E-state index contributed by atoms with van der Waals surface area (Å²) in [6, 6.07) is 24.0. The molecule has 79 heavy (non-hydrogen) atoms. The van der Waals surface area contributed by atoms with Crippen molar-refractivity contribution in [1.29, 1.82) is 0 Å². The van der Waals surface area contributed by atoms with Crippen molar-refractivity contribution in [3.8, 4) is 0 Å². The highest BCUT2D eigenvalue weighted by Crippen LogP contribution is 2.65. The number of hydrogen-bond acceptors (Lipinski definition) is 18. The van der Waals surface area contributed by atoms with Crippen molar-refractivity contribution in [3.63, 3.8) is 0 Å². The number of carbonyl (C=O) groups excluding carboxylic acids is 7. The van der Waals surface area contributed by atoms with Gasteiger partial charge in [-0.15, -0.1) is 0 Å². The van der Waals surface area contributed by atoms with Crippen LogP contribution in [0.2, 0.25) is 0 Å². The van der Waals surface area contributed by atoms with Crippen molar-refractivity contribution in [1.82, 2.24) is 10.6 Å². The highest BCUT2D eigenvalue weighted by molar-refractivity contribution is 5.94. The predicted molar refractivity (Wildman–Crippen MR) is 282 cm³/mol. The van der Waals surface area contributed by atoms with Gasteiger partial charge < -0.3 is 63.1 Å². The van der Waals surface area contributed by atoms with Gasteiger partial charge in [-0.25, -0.2) is 24.0 Å². The first-order valence-electron chi connectivity index (χ1n) is 26.5. The number of alkyl carbamates (subject to hydrolysis) is 2. The third-order valence-electron chi connectivity index (χ3n) is 15.8. The van der Waals surface area contributed by atoms with Gasteiger partial charge in [-0.3, -0.25) is 9.59 Å². The molecule has 0 aromatic heterocycles. The second-order valence-electron chi connectivity index (χ2n) is 22.3. The van der Waals surface area contributed by atoms with E-state index < -0.39 is 131 Å². The molecule has 2 bridgehead atoms. The van der Waals surface area contributed by atoms with E-state index in [1.54, 1.807) is 97.0 Å². The monoisotopic (exact) mass is 1100 g/mol. The summed E-state index contributed by atoms with van der Waals surface area (Å²) in [5.74, 6) is -6.02. The van der Waals surface area contributed by atoms with Gasteiger partial charge in [0.15, 0.2) is 11.4 Å². The molecule has 2 amide bonds. The maximum atomic E-state index is 15.8. The van der Waals surface area contributed by atoms with E-state index in [4.69, 9.17) is 47.4 Å². The number of fused-ring (bicyclic) bond motifs is 5. The van der Waals surface area contributed by atoms with E-state index in [0.717, 1.165) is 5.56 Å². The van der Waals surface area contributed by atoms with Crippen molar-refractivity contribution in [2.75, 3.05) is 46.7 Å². The molecule has 3 aromatic rings. The number of carbonyl (C=O) groups is 7. The van der Waals surface area contributed by atoms with Gasteiger partial charge in [0.2, 0.25) is 6.10 Å². The first-order valence-corrected chi connectivity index (χ1v) is 26.5. The van der Waals surface area contributed by atoms with Crippen LogP contribution in [-0.2, 0) is 73.2 Å². The fourth-order valence-corrected chi connectivity index (χ4v) is 11.7. The van der Waals surface area contributed by atoms with E-state index in [1.165, 1.54) is 26.2 Å². The predicted octanol–water partition coefficient (Wildman–Crippen LogP) is 6.70. The Kier molecular flexibility index (Phi) is 18.8. The average molecular weight is 1100 g/mol. The van der Waals surface area contributed by atoms with Crippen molar-refractivity contribution in [2.45, 2.75) is 135 Å². The summed E-state index contributed by atoms with van der Waals surface area (Å²) >= 11 is 0. The van der Waals surface area contributed by atoms with Crippen LogP contribution < -0.4 is 10.6 Å². The van der Waals surface area contributed by atoms with Crippen LogP contribution in [0.15, 0.2) is 102 Å². The van der Waals surface area contributed by atoms with E-state index in [2.05, 4.69) is 10.6 Å². The van der Waals surface area contributed by atoms with Gasteiger partial charge >= 0.3 is 36.1 Å². The number of benzene rings is 3. The first kappa shape index (κ1) is 59.9. The van der Waals surface area contributed by atoms with Gasteiger partial charge in [0.1, 0.15) is 54.9 Å². The third-order valence-corrected chi connectivity index (χ3v) is 15.8. The molecule has 1 aliphatic heterocycles. The Labute approximate surface area is 460 Å². The van der Waals surface area contributed by atoms with Crippen LogP contribution in [-0.4, -0.2) is 141 Å². The summed E-state index contributed by atoms with van der Waals surface area (Å²) < 4.78 is 59.4. The third kappa shape index (κ3) is 12.8. The summed E-state index contributed by atoms with van der Waals surface area (Å²) in [6.45, 7) is 14.1. The van der Waals surface area contributed by atoms with Gasteiger partial charge in [0, 0.05) is 37.8 Å². The minimum Gasteiger partial charge on any atom is -0.455 e. The van der Waals surface area contributed by atoms with Crippen molar-refractivity contribution >= 4 is 41.8 Å². The molecule has 3 aromatic carbocycles. The van der Waals surface area contributed by atoms with E-state index in [-0.39, 0.29) is 57.1 Å². The molecule has 11 atom stereocenters. The number of nitrogens with one attached hydrogen (secondary N) is 2. The van der Waals surface area contributed by atoms with Crippen LogP contribution in [0.25, 0.3) is 0 Å². The molecule has 3 fully saturated rings. The van der Waals surface area contributed by atoms with Crippen LogP contribution in [0.4, 0.5) is 9.59 Å². The molecule has 20 heteroatoms. The number of hydrogen-bond donors (Lipinski definition) is 3. The molecule has 1 saturated heterocycles. The van der Waals surface area contributed by atoms with Gasteiger partial charge in [-0.1, -0.05) is 107 Å². The van der Waals surface area contributed by atoms with Crippen LogP contribution in [0.1, 0.15) is 103 Å². The lowest BCUT2D eigenvalue weighted by molar-refractivity contribution is -0.340. The van der Waals surface area contributed by atoms with Crippen molar-refractivity contribution in [3.05, 3.63) is 119 Å².